The number of hydrogen-bond donors (Lipinski definition) is 1. The van der Waals surface area contributed by atoms with E-state index in [1.807, 2.05) is 44.0 Å². The van der Waals surface area contributed by atoms with Gasteiger partial charge in [-0.25, -0.2) is 4.79 Å². The van der Waals surface area contributed by atoms with Crippen LogP contribution >= 0.6 is 0 Å². The van der Waals surface area contributed by atoms with Crippen LogP contribution in [0.25, 0.3) is 0 Å². The molecule has 7 nitrogen and oxygen atoms in total. The fourth-order valence-corrected chi connectivity index (χ4v) is 4.01. The highest BCUT2D eigenvalue weighted by atomic mass is 16.6. The average molecular weight is 404 g/mol. The van der Waals surface area contributed by atoms with E-state index < -0.39 is 11.2 Å². The molecule has 0 spiro atoms. The van der Waals surface area contributed by atoms with Gasteiger partial charge in [-0.15, -0.1) is 0 Å². The molecule has 0 radical (unpaired) electrons. The van der Waals surface area contributed by atoms with Crippen LogP contribution in [0.15, 0.2) is 18.3 Å². The number of ether oxygens (including phenoxy) is 2. The monoisotopic (exact) mass is 403 g/mol. The fraction of sp³-hybridized carbons (Fsp3) is 0.727. The maximum atomic E-state index is 12.9. The van der Waals surface area contributed by atoms with Crippen LogP contribution in [0.3, 0.4) is 0 Å². The van der Waals surface area contributed by atoms with Crippen LogP contribution < -0.4 is 4.90 Å². The smallest absolute Gasteiger partial charge is 0.410 e. The summed E-state index contributed by atoms with van der Waals surface area (Å²) < 4.78 is 10.8. The summed E-state index contributed by atoms with van der Waals surface area (Å²) in [5.41, 5.74) is 0.252. The summed E-state index contributed by atoms with van der Waals surface area (Å²) in [5.74, 6) is 0.615. The van der Waals surface area contributed by atoms with Gasteiger partial charge < -0.3 is 24.4 Å². The molecule has 1 aromatic heterocycles. The van der Waals surface area contributed by atoms with Crippen molar-refractivity contribution in [2.24, 2.45) is 5.92 Å². The zero-order valence-electron chi connectivity index (χ0n) is 17.8. The molecule has 160 valence electrons. The van der Waals surface area contributed by atoms with Gasteiger partial charge in [0.1, 0.15) is 5.60 Å². The third kappa shape index (κ3) is 4.83. The molecule has 29 heavy (non-hydrogen) atoms. The van der Waals surface area contributed by atoms with Gasteiger partial charge in [0, 0.05) is 19.6 Å². The first-order valence-electron chi connectivity index (χ1n) is 10.7. The zero-order valence-corrected chi connectivity index (χ0v) is 17.8. The number of piperidine rings is 1. The summed E-state index contributed by atoms with van der Waals surface area (Å²) in [5, 5.41) is 10.4. The van der Waals surface area contributed by atoms with E-state index in [0.717, 1.165) is 38.2 Å². The Kier molecular flexibility index (Phi) is 5.46. The summed E-state index contributed by atoms with van der Waals surface area (Å²) in [6.45, 7) is 8.87. The standard InChI is InChI=1S/C22H33N3O4/c1-21(2,3)29-20(26)25(12-16-6-7-16)18-5-4-10-24(13-18)17-8-9-19(23-11-17)22(27)14-28-15-22/h8-9,11,16,18,27H,4-7,10,12-15H2,1-3H3/t18-/m1/s1. The normalized spacial score (nSPS) is 24.0. The molecule has 1 aromatic rings. The molecule has 7 heteroatoms. The number of rotatable bonds is 5. The van der Waals surface area contributed by atoms with Crippen molar-refractivity contribution >= 4 is 11.8 Å². The van der Waals surface area contributed by atoms with Gasteiger partial charge in [-0.05, 0) is 64.5 Å². The molecular formula is C22H33N3O4. The minimum Gasteiger partial charge on any atom is -0.444 e. The first kappa shape index (κ1) is 20.4. The lowest BCUT2D eigenvalue weighted by Crippen LogP contribution is -2.52. The number of hydrogen-bond acceptors (Lipinski definition) is 6. The number of carbonyl (C=O) groups is 1. The Hall–Kier alpha value is -1.86. The van der Waals surface area contributed by atoms with Gasteiger partial charge in [0.2, 0.25) is 0 Å². The third-order valence-electron chi connectivity index (χ3n) is 5.89. The van der Waals surface area contributed by atoms with Crippen molar-refractivity contribution in [2.45, 2.75) is 63.7 Å². The predicted molar refractivity (Wildman–Crippen MR) is 110 cm³/mol. The number of aromatic nitrogens is 1. The van der Waals surface area contributed by atoms with Crippen molar-refractivity contribution in [1.29, 1.82) is 0 Å². The van der Waals surface area contributed by atoms with Crippen LogP contribution in [0.2, 0.25) is 0 Å². The van der Waals surface area contributed by atoms with E-state index in [9.17, 15) is 9.90 Å². The van der Waals surface area contributed by atoms with Crippen molar-refractivity contribution in [2.75, 3.05) is 37.7 Å². The zero-order chi connectivity index (χ0) is 20.6. The number of nitrogens with zero attached hydrogens (tertiary/aromatic N) is 3. The molecule has 4 rings (SSSR count). The quantitative estimate of drug-likeness (QED) is 0.815. The molecule has 1 saturated carbocycles. The van der Waals surface area contributed by atoms with Gasteiger partial charge in [0.25, 0.3) is 0 Å². The summed E-state index contributed by atoms with van der Waals surface area (Å²) in [6.07, 6.45) is 6.05. The average Bonchev–Trinajstić information content (AvgIpc) is 3.47. The van der Waals surface area contributed by atoms with Crippen molar-refractivity contribution in [3.05, 3.63) is 24.0 Å². The fourth-order valence-electron chi connectivity index (χ4n) is 4.01. The Morgan fingerprint density at radius 3 is 2.66 bits per heavy atom. The van der Waals surface area contributed by atoms with Gasteiger partial charge in [-0.1, -0.05) is 0 Å². The van der Waals surface area contributed by atoms with E-state index in [-0.39, 0.29) is 12.1 Å². The van der Waals surface area contributed by atoms with Crippen molar-refractivity contribution in [3.63, 3.8) is 0 Å². The first-order chi connectivity index (χ1) is 13.7. The van der Waals surface area contributed by atoms with Gasteiger partial charge in [0.05, 0.1) is 36.8 Å². The van der Waals surface area contributed by atoms with Gasteiger partial charge in [-0.3, -0.25) is 4.98 Å². The lowest BCUT2D eigenvalue weighted by molar-refractivity contribution is -0.186. The molecule has 0 aromatic carbocycles. The molecule has 1 aliphatic carbocycles. The summed E-state index contributed by atoms with van der Waals surface area (Å²) >= 11 is 0. The largest absolute Gasteiger partial charge is 0.444 e. The number of carbonyl (C=O) groups excluding carboxylic acids is 1. The molecular weight excluding hydrogens is 370 g/mol. The molecule has 1 N–H and O–H groups in total. The van der Waals surface area contributed by atoms with Gasteiger partial charge in [0.15, 0.2) is 5.60 Å². The second-order valence-corrected chi connectivity index (χ2v) is 9.74. The van der Waals surface area contributed by atoms with E-state index in [4.69, 9.17) is 9.47 Å². The van der Waals surface area contributed by atoms with E-state index in [0.29, 0.717) is 24.8 Å². The highest BCUT2D eigenvalue weighted by Crippen LogP contribution is 2.33. The van der Waals surface area contributed by atoms with Crippen LogP contribution in [0.1, 0.15) is 52.1 Å². The first-order valence-corrected chi connectivity index (χ1v) is 10.7. The van der Waals surface area contributed by atoms with Gasteiger partial charge in [-0.2, -0.15) is 0 Å². The highest BCUT2D eigenvalue weighted by Gasteiger charge is 2.40. The summed E-state index contributed by atoms with van der Waals surface area (Å²) in [6, 6.07) is 4.04. The van der Waals surface area contributed by atoms with Crippen molar-refractivity contribution in [1.82, 2.24) is 9.88 Å². The van der Waals surface area contributed by atoms with Gasteiger partial charge >= 0.3 is 6.09 Å². The highest BCUT2D eigenvalue weighted by molar-refractivity contribution is 5.69. The summed E-state index contributed by atoms with van der Waals surface area (Å²) in [7, 11) is 0. The second-order valence-electron chi connectivity index (χ2n) is 9.74. The third-order valence-corrected chi connectivity index (χ3v) is 5.89. The molecule has 3 aliphatic rings. The lowest BCUT2D eigenvalue weighted by Gasteiger charge is -2.41. The van der Waals surface area contributed by atoms with E-state index >= 15 is 0 Å². The number of anilines is 1. The topological polar surface area (TPSA) is 75.1 Å². The summed E-state index contributed by atoms with van der Waals surface area (Å²) in [4.78, 5) is 21.6. The van der Waals surface area contributed by atoms with Crippen LogP contribution in [-0.2, 0) is 15.1 Å². The molecule has 0 unspecified atom stereocenters. The van der Waals surface area contributed by atoms with E-state index in [1.54, 1.807) is 0 Å². The molecule has 1 atom stereocenters. The SMILES string of the molecule is CC(C)(C)OC(=O)N(CC1CC1)[C@@H]1CCCN(c2ccc(C3(O)COC3)nc2)C1. The van der Waals surface area contributed by atoms with Crippen molar-refractivity contribution in [3.8, 4) is 0 Å². The Bertz CT molecular complexity index is 723. The van der Waals surface area contributed by atoms with E-state index in [1.165, 1.54) is 12.8 Å². The number of aliphatic hydroxyl groups is 1. The Balaban J connectivity index is 1.44. The lowest BCUT2D eigenvalue weighted by atomic mass is 9.97. The number of pyridine rings is 1. The molecule has 2 aliphatic heterocycles. The maximum Gasteiger partial charge on any atom is 0.410 e. The Morgan fingerprint density at radius 1 is 1.34 bits per heavy atom. The molecule has 3 heterocycles. The van der Waals surface area contributed by atoms with Crippen LogP contribution in [0, 0.1) is 5.92 Å². The second kappa shape index (κ2) is 7.76. The Morgan fingerprint density at radius 2 is 2.10 bits per heavy atom. The maximum absolute atomic E-state index is 12.9. The Labute approximate surface area is 173 Å². The molecule has 1 amide bonds. The predicted octanol–water partition coefficient (Wildman–Crippen LogP) is 2.92. The van der Waals surface area contributed by atoms with Crippen molar-refractivity contribution < 1.29 is 19.4 Å². The molecule has 3 fully saturated rings. The van der Waals surface area contributed by atoms with Crippen LogP contribution in [0.4, 0.5) is 10.5 Å². The minimum atomic E-state index is -0.944. The van der Waals surface area contributed by atoms with Crippen LogP contribution in [0.5, 0.6) is 0 Å². The van der Waals surface area contributed by atoms with E-state index in [2.05, 4.69) is 9.88 Å². The molecule has 2 saturated heterocycles. The molecule has 0 bridgehead atoms. The number of amides is 1. The minimum absolute atomic E-state index is 0.142. The van der Waals surface area contributed by atoms with Crippen LogP contribution in [-0.4, -0.2) is 65.6 Å².